The second-order valence-electron chi connectivity index (χ2n) is 4.27. The molecule has 1 aromatic rings. The van der Waals surface area contributed by atoms with Gasteiger partial charge >= 0.3 is 5.97 Å². The lowest BCUT2D eigenvalue weighted by atomic mass is 10.2. The van der Waals surface area contributed by atoms with Crippen molar-refractivity contribution >= 4 is 5.97 Å². The van der Waals surface area contributed by atoms with E-state index >= 15 is 0 Å². The molecule has 0 saturated heterocycles. The van der Waals surface area contributed by atoms with Gasteiger partial charge in [0.05, 0.1) is 6.33 Å². The number of aromatic nitrogens is 2. The minimum Gasteiger partial charge on any atom is -0.477 e. The second kappa shape index (κ2) is 6.37. The van der Waals surface area contributed by atoms with Crippen LogP contribution >= 0.6 is 0 Å². The molecule has 106 valence electrons. The van der Waals surface area contributed by atoms with Crippen molar-refractivity contribution < 1.29 is 18.7 Å². The van der Waals surface area contributed by atoms with Crippen LogP contribution in [-0.4, -0.2) is 46.2 Å². The normalized spacial score (nSPS) is 11.3. The van der Waals surface area contributed by atoms with E-state index in [0.717, 1.165) is 10.9 Å². The summed E-state index contributed by atoms with van der Waals surface area (Å²) in [5.74, 6) is -1.69. The summed E-state index contributed by atoms with van der Waals surface area (Å²) in [5.41, 5.74) is -2.89. The number of hydrogen-bond acceptors (Lipinski definition) is 4. The van der Waals surface area contributed by atoms with Crippen LogP contribution in [-0.2, 0) is 6.54 Å². The fraction of sp³-hybridized carbons (Fsp3) is 0.545. The smallest absolute Gasteiger partial charge is 0.343 e. The van der Waals surface area contributed by atoms with E-state index in [0.29, 0.717) is 13.0 Å². The van der Waals surface area contributed by atoms with E-state index in [1.54, 1.807) is 0 Å². The molecule has 0 aromatic carbocycles. The highest BCUT2D eigenvalue weighted by Gasteiger charge is 2.24. The monoisotopic (exact) mass is 275 g/mol. The van der Waals surface area contributed by atoms with E-state index in [9.17, 15) is 18.4 Å². The summed E-state index contributed by atoms with van der Waals surface area (Å²) in [6.45, 7) is 0.916. The van der Waals surface area contributed by atoms with Crippen LogP contribution in [0.25, 0.3) is 0 Å². The molecule has 1 aromatic heterocycles. The minimum atomic E-state index is -3.09. The van der Waals surface area contributed by atoms with Gasteiger partial charge in [0.2, 0.25) is 0 Å². The average Bonchev–Trinajstić information content (AvgIpc) is 2.29. The summed E-state index contributed by atoms with van der Waals surface area (Å²) in [6.07, 6.45) is -1.54. The number of alkyl halides is 2. The summed E-state index contributed by atoms with van der Waals surface area (Å²) in [5, 5.41) is 8.84. The number of rotatable bonds is 6. The van der Waals surface area contributed by atoms with Crippen LogP contribution in [0, 0.1) is 0 Å². The molecule has 1 N–H and O–H groups in total. The van der Waals surface area contributed by atoms with E-state index in [-0.39, 0.29) is 6.54 Å². The second-order valence-corrected chi connectivity index (χ2v) is 4.27. The highest BCUT2D eigenvalue weighted by atomic mass is 19.3. The lowest BCUT2D eigenvalue weighted by molar-refractivity contribution is 0.0678. The Balaban J connectivity index is 3.07. The van der Waals surface area contributed by atoms with Gasteiger partial charge in [0, 0.05) is 6.54 Å². The first-order chi connectivity index (χ1) is 8.84. The highest BCUT2D eigenvalue weighted by molar-refractivity contribution is 5.88. The lowest BCUT2D eigenvalue weighted by Crippen LogP contribution is -2.30. The Labute approximate surface area is 108 Å². The Morgan fingerprint density at radius 1 is 1.53 bits per heavy atom. The minimum absolute atomic E-state index is 0.230. The predicted octanol–water partition coefficient (Wildman–Crippen LogP) is 0.831. The molecule has 0 aliphatic rings. The third-order valence-corrected chi connectivity index (χ3v) is 2.49. The van der Waals surface area contributed by atoms with Crippen LogP contribution in [0.15, 0.2) is 11.1 Å². The molecule has 1 rings (SSSR count). The quantitative estimate of drug-likeness (QED) is 0.832. The SMILES string of the molecule is CN(C)CCCn1cnc(C(F)F)c(C(=O)O)c1=O. The number of carbonyl (C=O) groups is 1. The molecule has 0 aliphatic heterocycles. The van der Waals surface area contributed by atoms with E-state index in [1.807, 2.05) is 19.0 Å². The van der Waals surface area contributed by atoms with Crippen molar-refractivity contribution in [2.45, 2.75) is 19.4 Å². The Morgan fingerprint density at radius 3 is 2.63 bits per heavy atom. The van der Waals surface area contributed by atoms with Crippen molar-refractivity contribution in [1.82, 2.24) is 14.5 Å². The van der Waals surface area contributed by atoms with Gasteiger partial charge in [0.25, 0.3) is 12.0 Å². The number of hydrogen-bond donors (Lipinski definition) is 1. The van der Waals surface area contributed by atoms with Crippen molar-refractivity contribution in [1.29, 1.82) is 0 Å². The van der Waals surface area contributed by atoms with Crippen LogP contribution in [0.3, 0.4) is 0 Å². The number of aryl methyl sites for hydroxylation is 1. The summed E-state index contributed by atoms with van der Waals surface area (Å²) in [4.78, 5) is 28.0. The molecule has 0 fully saturated rings. The van der Waals surface area contributed by atoms with E-state index in [4.69, 9.17) is 5.11 Å². The maximum atomic E-state index is 12.6. The topological polar surface area (TPSA) is 75.4 Å². The molecular weight excluding hydrogens is 260 g/mol. The van der Waals surface area contributed by atoms with E-state index < -0.39 is 29.2 Å². The van der Waals surface area contributed by atoms with Gasteiger partial charge in [-0.3, -0.25) is 9.36 Å². The fourth-order valence-electron chi connectivity index (χ4n) is 1.59. The fourth-order valence-corrected chi connectivity index (χ4v) is 1.59. The Bertz CT molecular complexity index is 514. The molecule has 0 unspecified atom stereocenters. The van der Waals surface area contributed by atoms with Crippen LogP contribution in [0.2, 0.25) is 0 Å². The largest absolute Gasteiger partial charge is 0.477 e. The number of carboxylic acids is 1. The molecule has 8 heteroatoms. The average molecular weight is 275 g/mol. The summed E-state index contributed by atoms with van der Waals surface area (Å²) < 4.78 is 26.2. The molecule has 6 nitrogen and oxygen atoms in total. The first-order valence-corrected chi connectivity index (χ1v) is 5.60. The molecule has 19 heavy (non-hydrogen) atoms. The number of aromatic carboxylic acids is 1. The van der Waals surface area contributed by atoms with Crippen molar-refractivity contribution in [2.24, 2.45) is 0 Å². The number of nitrogens with zero attached hydrogens (tertiary/aromatic N) is 3. The van der Waals surface area contributed by atoms with Gasteiger partial charge in [-0.2, -0.15) is 0 Å². The molecule has 0 amide bonds. The number of carboxylic acid groups (broad SMARTS) is 1. The van der Waals surface area contributed by atoms with E-state index in [2.05, 4.69) is 4.98 Å². The van der Waals surface area contributed by atoms with Gasteiger partial charge in [0.1, 0.15) is 5.69 Å². The summed E-state index contributed by atoms with van der Waals surface area (Å²) >= 11 is 0. The zero-order chi connectivity index (χ0) is 14.6. The summed E-state index contributed by atoms with van der Waals surface area (Å²) in [7, 11) is 3.70. The van der Waals surface area contributed by atoms with Crippen LogP contribution in [0.1, 0.15) is 28.9 Å². The molecule has 0 atom stereocenters. The third-order valence-electron chi connectivity index (χ3n) is 2.49. The first-order valence-electron chi connectivity index (χ1n) is 5.60. The van der Waals surface area contributed by atoms with Crippen molar-refractivity contribution in [3.8, 4) is 0 Å². The predicted molar refractivity (Wildman–Crippen MR) is 63.6 cm³/mol. The highest BCUT2D eigenvalue weighted by Crippen LogP contribution is 2.17. The Kier molecular flexibility index (Phi) is 5.11. The maximum Gasteiger partial charge on any atom is 0.343 e. The van der Waals surface area contributed by atoms with Gasteiger partial charge in [-0.15, -0.1) is 0 Å². The standard InChI is InChI=1S/C11H15F2N3O3/c1-15(2)4-3-5-16-6-14-8(9(12)13)7(10(16)17)11(18)19/h6,9H,3-5H2,1-2H3,(H,18,19). The third kappa shape index (κ3) is 3.82. The van der Waals surface area contributed by atoms with E-state index in [1.165, 1.54) is 0 Å². The Hall–Kier alpha value is -1.83. The molecule has 1 heterocycles. The first kappa shape index (κ1) is 15.2. The maximum absolute atomic E-state index is 12.6. The molecule has 0 radical (unpaired) electrons. The molecular formula is C11H15F2N3O3. The lowest BCUT2D eigenvalue weighted by Gasteiger charge is -2.11. The van der Waals surface area contributed by atoms with Gasteiger partial charge in [-0.05, 0) is 27.1 Å². The van der Waals surface area contributed by atoms with Crippen molar-refractivity contribution in [3.05, 3.63) is 27.9 Å². The van der Waals surface area contributed by atoms with Gasteiger partial charge in [0.15, 0.2) is 5.56 Å². The molecule has 0 spiro atoms. The van der Waals surface area contributed by atoms with Gasteiger partial charge in [-0.25, -0.2) is 18.6 Å². The molecule has 0 aliphatic carbocycles. The number of halogens is 2. The van der Waals surface area contributed by atoms with Crippen molar-refractivity contribution in [3.63, 3.8) is 0 Å². The van der Waals surface area contributed by atoms with Crippen LogP contribution < -0.4 is 5.56 Å². The Morgan fingerprint density at radius 2 is 2.16 bits per heavy atom. The van der Waals surface area contributed by atoms with Gasteiger partial charge < -0.3 is 10.0 Å². The van der Waals surface area contributed by atoms with Crippen molar-refractivity contribution in [2.75, 3.05) is 20.6 Å². The molecule has 0 bridgehead atoms. The summed E-state index contributed by atoms with van der Waals surface area (Å²) in [6, 6.07) is 0. The van der Waals surface area contributed by atoms with Crippen LogP contribution in [0.5, 0.6) is 0 Å². The van der Waals surface area contributed by atoms with Crippen LogP contribution in [0.4, 0.5) is 8.78 Å². The zero-order valence-corrected chi connectivity index (χ0v) is 10.6. The molecule has 0 saturated carbocycles. The van der Waals surface area contributed by atoms with Gasteiger partial charge in [-0.1, -0.05) is 0 Å². The zero-order valence-electron chi connectivity index (χ0n) is 10.6.